The molecule has 2 N–H and O–H groups in total. The van der Waals surface area contributed by atoms with Crippen LogP contribution in [0.4, 0.5) is 5.82 Å². The average molecular weight is 273 g/mol. The van der Waals surface area contributed by atoms with Crippen molar-refractivity contribution in [2.24, 2.45) is 0 Å². The van der Waals surface area contributed by atoms with E-state index in [1.807, 2.05) is 19.1 Å². The normalized spacial score (nSPS) is 15.4. The smallest absolute Gasteiger partial charge is 0.155 e. The molecule has 0 amide bonds. The standard InChI is InChI=1S/C16H23N3O/c1-2-5-14(20)6-3-4-10-19-11-9-15-13(12-19)7-8-16(17)18-15/h3,6-8H,2,4-5,9-12H2,1H3,(H2,17,18). The maximum Gasteiger partial charge on any atom is 0.155 e. The van der Waals surface area contributed by atoms with Gasteiger partial charge in [0.05, 0.1) is 0 Å². The van der Waals surface area contributed by atoms with Crippen LogP contribution in [0.2, 0.25) is 0 Å². The molecule has 1 aliphatic rings. The second kappa shape index (κ2) is 7.20. The molecule has 1 aliphatic heterocycles. The fraction of sp³-hybridized carbons (Fsp3) is 0.500. The number of ketones is 1. The molecule has 0 unspecified atom stereocenters. The summed E-state index contributed by atoms with van der Waals surface area (Å²) in [6.45, 7) is 4.96. The minimum absolute atomic E-state index is 0.233. The molecule has 108 valence electrons. The summed E-state index contributed by atoms with van der Waals surface area (Å²) in [7, 11) is 0. The predicted octanol–water partition coefficient (Wildman–Crippen LogP) is 2.34. The summed E-state index contributed by atoms with van der Waals surface area (Å²) in [4.78, 5) is 18.1. The second-order valence-corrected chi connectivity index (χ2v) is 5.28. The van der Waals surface area contributed by atoms with E-state index in [9.17, 15) is 4.79 Å². The van der Waals surface area contributed by atoms with Crippen LogP contribution in [0.5, 0.6) is 0 Å². The Kier molecular flexibility index (Phi) is 5.30. The number of nitrogen functional groups attached to an aromatic ring is 1. The Morgan fingerprint density at radius 2 is 2.35 bits per heavy atom. The van der Waals surface area contributed by atoms with E-state index in [4.69, 9.17) is 5.73 Å². The van der Waals surface area contributed by atoms with Crippen LogP contribution in [0.15, 0.2) is 24.3 Å². The molecule has 0 bridgehead atoms. The van der Waals surface area contributed by atoms with Crippen LogP contribution in [0.3, 0.4) is 0 Å². The number of carbonyl (C=O) groups excluding carboxylic acids is 1. The first-order valence-electron chi connectivity index (χ1n) is 7.35. The number of rotatable bonds is 6. The van der Waals surface area contributed by atoms with Crippen LogP contribution in [-0.4, -0.2) is 28.8 Å². The van der Waals surface area contributed by atoms with E-state index in [2.05, 4.69) is 16.0 Å². The van der Waals surface area contributed by atoms with Gasteiger partial charge in [-0.05, 0) is 30.5 Å². The zero-order valence-corrected chi connectivity index (χ0v) is 12.1. The van der Waals surface area contributed by atoms with Gasteiger partial charge in [-0.3, -0.25) is 9.69 Å². The van der Waals surface area contributed by atoms with Gasteiger partial charge in [0.15, 0.2) is 5.78 Å². The predicted molar refractivity (Wildman–Crippen MR) is 81.3 cm³/mol. The Hall–Kier alpha value is -1.68. The van der Waals surface area contributed by atoms with Crippen LogP contribution in [-0.2, 0) is 17.8 Å². The molecule has 0 atom stereocenters. The number of hydrogen-bond acceptors (Lipinski definition) is 4. The molecule has 0 radical (unpaired) electrons. The summed E-state index contributed by atoms with van der Waals surface area (Å²) in [5.41, 5.74) is 8.11. The van der Waals surface area contributed by atoms with E-state index in [0.29, 0.717) is 12.2 Å². The van der Waals surface area contributed by atoms with Crippen LogP contribution < -0.4 is 5.73 Å². The molecule has 1 aromatic rings. The molecular formula is C16H23N3O. The molecule has 1 aromatic heterocycles. The van der Waals surface area contributed by atoms with Gasteiger partial charge in [0.2, 0.25) is 0 Å². The number of nitrogens with two attached hydrogens (primary N) is 1. The lowest BCUT2D eigenvalue weighted by atomic mass is 10.1. The molecule has 0 saturated carbocycles. The third-order valence-electron chi connectivity index (χ3n) is 3.56. The number of anilines is 1. The number of pyridine rings is 1. The number of allylic oxidation sites excluding steroid dienone is 1. The summed E-state index contributed by atoms with van der Waals surface area (Å²) in [6, 6.07) is 3.94. The second-order valence-electron chi connectivity index (χ2n) is 5.28. The van der Waals surface area contributed by atoms with Gasteiger partial charge < -0.3 is 5.73 Å². The highest BCUT2D eigenvalue weighted by atomic mass is 16.1. The van der Waals surface area contributed by atoms with E-state index in [-0.39, 0.29) is 5.78 Å². The number of nitrogens with zero attached hydrogens (tertiary/aromatic N) is 2. The monoisotopic (exact) mass is 273 g/mol. The topological polar surface area (TPSA) is 59.2 Å². The lowest BCUT2D eigenvalue weighted by Crippen LogP contribution is -2.31. The van der Waals surface area contributed by atoms with E-state index in [1.54, 1.807) is 6.08 Å². The number of aromatic nitrogens is 1. The van der Waals surface area contributed by atoms with Gasteiger partial charge in [-0.25, -0.2) is 4.98 Å². The van der Waals surface area contributed by atoms with Gasteiger partial charge in [-0.1, -0.05) is 19.1 Å². The average Bonchev–Trinajstić information content (AvgIpc) is 2.44. The fourth-order valence-corrected chi connectivity index (χ4v) is 2.48. The van der Waals surface area contributed by atoms with Gasteiger partial charge >= 0.3 is 0 Å². The first-order valence-corrected chi connectivity index (χ1v) is 7.35. The van der Waals surface area contributed by atoms with Gasteiger partial charge in [0, 0.05) is 38.2 Å². The lowest BCUT2D eigenvalue weighted by Gasteiger charge is -2.27. The van der Waals surface area contributed by atoms with Crippen molar-refractivity contribution in [3.63, 3.8) is 0 Å². The zero-order valence-electron chi connectivity index (χ0n) is 12.1. The number of fused-ring (bicyclic) bond motifs is 1. The molecular weight excluding hydrogens is 250 g/mol. The van der Waals surface area contributed by atoms with Crippen molar-refractivity contribution in [3.8, 4) is 0 Å². The highest BCUT2D eigenvalue weighted by Crippen LogP contribution is 2.18. The highest BCUT2D eigenvalue weighted by Gasteiger charge is 2.16. The summed E-state index contributed by atoms with van der Waals surface area (Å²) in [5.74, 6) is 0.839. The van der Waals surface area contributed by atoms with Crippen LogP contribution >= 0.6 is 0 Å². The minimum Gasteiger partial charge on any atom is -0.384 e. The van der Waals surface area contributed by atoms with Crippen molar-refractivity contribution in [1.82, 2.24) is 9.88 Å². The molecule has 0 spiro atoms. The summed E-state index contributed by atoms with van der Waals surface area (Å²) in [5, 5.41) is 0. The Balaban J connectivity index is 1.79. The SMILES string of the molecule is CCCC(=O)C=CCCN1CCc2nc(N)ccc2C1. The molecule has 0 saturated heterocycles. The third kappa shape index (κ3) is 4.17. The summed E-state index contributed by atoms with van der Waals surface area (Å²) < 4.78 is 0. The van der Waals surface area contributed by atoms with Crippen molar-refractivity contribution >= 4 is 11.6 Å². The molecule has 0 aliphatic carbocycles. The Morgan fingerprint density at radius 1 is 1.50 bits per heavy atom. The van der Waals surface area contributed by atoms with Crippen molar-refractivity contribution in [3.05, 3.63) is 35.5 Å². The molecule has 4 nitrogen and oxygen atoms in total. The molecule has 4 heteroatoms. The molecule has 0 fully saturated rings. The van der Waals surface area contributed by atoms with E-state index in [1.165, 1.54) is 5.56 Å². The summed E-state index contributed by atoms with van der Waals surface area (Å²) >= 11 is 0. The quantitative estimate of drug-likeness (QED) is 0.808. The molecule has 2 rings (SSSR count). The maximum absolute atomic E-state index is 11.4. The van der Waals surface area contributed by atoms with Crippen molar-refractivity contribution in [1.29, 1.82) is 0 Å². The Labute approximate surface area is 120 Å². The number of carbonyl (C=O) groups is 1. The Morgan fingerprint density at radius 3 is 3.15 bits per heavy atom. The van der Waals surface area contributed by atoms with Gasteiger partial charge in [-0.2, -0.15) is 0 Å². The summed E-state index contributed by atoms with van der Waals surface area (Å²) in [6.07, 6.45) is 7.17. The maximum atomic E-state index is 11.4. The molecule has 20 heavy (non-hydrogen) atoms. The number of hydrogen-bond donors (Lipinski definition) is 1. The largest absolute Gasteiger partial charge is 0.384 e. The van der Waals surface area contributed by atoms with Crippen molar-refractivity contribution in [2.45, 2.75) is 39.2 Å². The van der Waals surface area contributed by atoms with Crippen LogP contribution in [0.25, 0.3) is 0 Å². The van der Waals surface area contributed by atoms with Gasteiger partial charge in [-0.15, -0.1) is 0 Å². The van der Waals surface area contributed by atoms with E-state index >= 15 is 0 Å². The lowest BCUT2D eigenvalue weighted by molar-refractivity contribution is -0.114. The van der Waals surface area contributed by atoms with Crippen LogP contribution in [0, 0.1) is 0 Å². The van der Waals surface area contributed by atoms with Gasteiger partial charge in [0.25, 0.3) is 0 Å². The fourth-order valence-electron chi connectivity index (χ4n) is 2.48. The Bertz CT molecular complexity index is 496. The van der Waals surface area contributed by atoms with Crippen molar-refractivity contribution < 1.29 is 4.79 Å². The van der Waals surface area contributed by atoms with Crippen LogP contribution in [0.1, 0.15) is 37.4 Å². The molecule has 0 aromatic carbocycles. The molecule has 2 heterocycles. The van der Waals surface area contributed by atoms with Crippen molar-refractivity contribution in [2.75, 3.05) is 18.8 Å². The highest BCUT2D eigenvalue weighted by molar-refractivity contribution is 5.89. The zero-order chi connectivity index (χ0) is 14.4. The van der Waals surface area contributed by atoms with E-state index < -0.39 is 0 Å². The first kappa shape index (κ1) is 14.7. The van der Waals surface area contributed by atoms with E-state index in [0.717, 1.165) is 44.6 Å². The van der Waals surface area contributed by atoms with Gasteiger partial charge in [0.1, 0.15) is 5.82 Å². The minimum atomic E-state index is 0.233. The third-order valence-corrected chi connectivity index (χ3v) is 3.56. The first-order chi connectivity index (χ1) is 9.69.